The van der Waals surface area contributed by atoms with Gasteiger partial charge in [0.2, 0.25) is 0 Å². The van der Waals surface area contributed by atoms with E-state index >= 15 is 0 Å². The Labute approximate surface area is 196 Å². The Hall–Kier alpha value is -4.14. The van der Waals surface area contributed by atoms with E-state index in [1.807, 2.05) is 35.2 Å². The first-order valence-electron chi connectivity index (χ1n) is 10.9. The first-order chi connectivity index (χ1) is 16.6. The lowest BCUT2D eigenvalue weighted by Crippen LogP contribution is -2.49. The molecule has 8 nitrogen and oxygen atoms in total. The fourth-order valence-electron chi connectivity index (χ4n) is 4.29. The van der Waals surface area contributed by atoms with Crippen LogP contribution in [0, 0.1) is 5.82 Å². The van der Waals surface area contributed by atoms with E-state index in [-0.39, 0.29) is 11.7 Å². The van der Waals surface area contributed by atoms with E-state index in [0.29, 0.717) is 54.6 Å². The molecule has 2 aromatic carbocycles. The third kappa shape index (κ3) is 3.79. The lowest BCUT2D eigenvalue weighted by atomic mass is 10.1. The van der Waals surface area contributed by atoms with Crippen molar-refractivity contribution < 1.29 is 18.7 Å². The van der Waals surface area contributed by atoms with Crippen molar-refractivity contribution in [3.8, 4) is 22.8 Å². The summed E-state index contributed by atoms with van der Waals surface area (Å²) in [4.78, 5) is 21.5. The van der Waals surface area contributed by atoms with Crippen molar-refractivity contribution in [2.24, 2.45) is 0 Å². The molecule has 1 aliphatic heterocycles. The van der Waals surface area contributed by atoms with E-state index < -0.39 is 0 Å². The monoisotopic (exact) mass is 461 g/mol. The number of fused-ring (bicyclic) bond motifs is 1. The largest absolute Gasteiger partial charge is 0.493 e. The SMILES string of the molecule is COc1ccc(-c2ccnc3c(C(=O)N4CCN(c5ccccc5F)CC4)cnn23)cc1OC. The van der Waals surface area contributed by atoms with Crippen LogP contribution in [0.3, 0.4) is 0 Å². The van der Waals surface area contributed by atoms with Gasteiger partial charge in [-0.05, 0) is 36.4 Å². The van der Waals surface area contributed by atoms with E-state index in [4.69, 9.17) is 9.47 Å². The average Bonchev–Trinajstić information content (AvgIpc) is 3.32. The lowest BCUT2D eigenvalue weighted by molar-refractivity contribution is 0.0748. The van der Waals surface area contributed by atoms with Crippen LogP contribution >= 0.6 is 0 Å². The first-order valence-corrected chi connectivity index (χ1v) is 10.9. The smallest absolute Gasteiger partial charge is 0.259 e. The molecule has 4 aromatic rings. The number of piperazine rings is 1. The molecular formula is C25H24FN5O3. The van der Waals surface area contributed by atoms with Gasteiger partial charge in [-0.15, -0.1) is 0 Å². The lowest BCUT2D eigenvalue weighted by Gasteiger charge is -2.36. The van der Waals surface area contributed by atoms with E-state index in [2.05, 4.69) is 10.1 Å². The number of carbonyl (C=O) groups is 1. The van der Waals surface area contributed by atoms with Crippen molar-refractivity contribution in [1.29, 1.82) is 0 Å². The van der Waals surface area contributed by atoms with Gasteiger partial charge in [0.15, 0.2) is 17.1 Å². The highest BCUT2D eigenvalue weighted by Gasteiger charge is 2.26. The van der Waals surface area contributed by atoms with Gasteiger partial charge in [0.05, 0.1) is 31.8 Å². The number of rotatable bonds is 5. The number of carbonyl (C=O) groups excluding carboxylic acids is 1. The number of hydrogen-bond donors (Lipinski definition) is 0. The second-order valence-corrected chi connectivity index (χ2v) is 7.92. The molecule has 174 valence electrons. The third-order valence-electron chi connectivity index (χ3n) is 6.07. The molecule has 0 unspecified atom stereocenters. The van der Waals surface area contributed by atoms with Gasteiger partial charge in [0, 0.05) is 37.9 Å². The highest BCUT2D eigenvalue weighted by atomic mass is 19.1. The van der Waals surface area contributed by atoms with Crippen LogP contribution in [0.2, 0.25) is 0 Å². The summed E-state index contributed by atoms with van der Waals surface area (Å²) in [6.45, 7) is 2.08. The Kier molecular flexibility index (Phi) is 5.75. The fourth-order valence-corrected chi connectivity index (χ4v) is 4.29. The van der Waals surface area contributed by atoms with Gasteiger partial charge in [-0.1, -0.05) is 12.1 Å². The number of hydrogen-bond acceptors (Lipinski definition) is 6. The van der Waals surface area contributed by atoms with Gasteiger partial charge in [-0.3, -0.25) is 4.79 Å². The minimum atomic E-state index is -0.253. The predicted molar refractivity (Wildman–Crippen MR) is 126 cm³/mol. The van der Waals surface area contributed by atoms with E-state index in [9.17, 15) is 9.18 Å². The number of anilines is 1. The summed E-state index contributed by atoms with van der Waals surface area (Å²) in [6.07, 6.45) is 3.22. The molecule has 1 saturated heterocycles. The Morgan fingerprint density at radius 2 is 1.74 bits per heavy atom. The minimum absolute atomic E-state index is 0.139. The molecule has 3 heterocycles. The van der Waals surface area contributed by atoms with E-state index in [1.54, 1.807) is 48.2 Å². The van der Waals surface area contributed by atoms with Crippen LogP contribution in [0.5, 0.6) is 11.5 Å². The fraction of sp³-hybridized carbons (Fsp3) is 0.240. The summed E-state index contributed by atoms with van der Waals surface area (Å²) in [5.41, 5.74) is 3.10. The number of methoxy groups -OCH3 is 2. The van der Waals surface area contributed by atoms with Crippen LogP contribution in [0.15, 0.2) is 60.9 Å². The number of nitrogens with zero attached hydrogens (tertiary/aromatic N) is 5. The van der Waals surface area contributed by atoms with Crippen molar-refractivity contribution in [2.75, 3.05) is 45.3 Å². The molecule has 0 radical (unpaired) electrons. The molecule has 0 N–H and O–H groups in total. The zero-order chi connectivity index (χ0) is 23.7. The quantitative estimate of drug-likeness (QED) is 0.453. The second kappa shape index (κ2) is 9.01. The molecule has 0 spiro atoms. The Morgan fingerprint density at radius 3 is 2.47 bits per heavy atom. The summed E-state index contributed by atoms with van der Waals surface area (Å²) in [5.74, 6) is 0.834. The maximum Gasteiger partial charge on any atom is 0.259 e. The van der Waals surface area contributed by atoms with Gasteiger partial charge in [-0.2, -0.15) is 5.10 Å². The van der Waals surface area contributed by atoms with Crippen molar-refractivity contribution in [3.63, 3.8) is 0 Å². The predicted octanol–water partition coefficient (Wildman–Crippen LogP) is 3.52. The third-order valence-corrected chi connectivity index (χ3v) is 6.07. The summed E-state index contributed by atoms with van der Waals surface area (Å²) in [5, 5.41) is 4.46. The highest BCUT2D eigenvalue weighted by molar-refractivity contribution is 6.00. The van der Waals surface area contributed by atoms with Gasteiger partial charge in [-0.25, -0.2) is 13.9 Å². The summed E-state index contributed by atoms with van der Waals surface area (Å²) < 4.78 is 26.5. The normalized spacial score (nSPS) is 13.9. The molecule has 2 aromatic heterocycles. The Morgan fingerprint density at radius 1 is 0.971 bits per heavy atom. The molecule has 1 aliphatic rings. The van der Waals surface area contributed by atoms with Crippen LogP contribution < -0.4 is 14.4 Å². The number of ether oxygens (including phenoxy) is 2. The zero-order valence-electron chi connectivity index (χ0n) is 18.9. The van der Waals surface area contributed by atoms with Gasteiger partial charge in [0.25, 0.3) is 5.91 Å². The summed E-state index contributed by atoms with van der Waals surface area (Å²) in [6, 6.07) is 14.1. The van der Waals surface area contributed by atoms with Crippen LogP contribution in [0.25, 0.3) is 16.9 Å². The number of benzene rings is 2. The molecule has 0 bridgehead atoms. The maximum absolute atomic E-state index is 14.1. The van der Waals surface area contributed by atoms with Crippen LogP contribution in [-0.4, -0.2) is 65.8 Å². The Bertz CT molecular complexity index is 1350. The van der Waals surface area contributed by atoms with Crippen molar-refractivity contribution >= 4 is 17.2 Å². The average molecular weight is 461 g/mol. The van der Waals surface area contributed by atoms with Crippen molar-refractivity contribution in [2.45, 2.75) is 0 Å². The molecule has 1 fully saturated rings. The highest BCUT2D eigenvalue weighted by Crippen LogP contribution is 2.32. The summed E-state index contributed by atoms with van der Waals surface area (Å²) >= 11 is 0. The van der Waals surface area contributed by atoms with Crippen molar-refractivity contribution in [3.05, 3.63) is 72.3 Å². The van der Waals surface area contributed by atoms with Crippen LogP contribution in [0.4, 0.5) is 10.1 Å². The molecule has 9 heteroatoms. The Balaban J connectivity index is 1.39. The molecule has 0 saturated carbocycles. The zero-order valence-corrected chi connectivity index (χ0v) is 18.9. The molecular weight excluding hydrogens is 437 g/mol. The van der Waals surface area contributed by atoms with Gasteiger partial charge >= 0.3 is 0 Å². The first kappa shape index (κ1) is 21.7. The summed E-state index contributed by atoms with van der Waals surface area (Å²) in [7, 11) is 3.17. The molecule has 5 rings (SSSR count). The van der Waals surface area contributed by atoms with Crippen molar-refractivity contribution in [1.82, 2.24) is 19.5 Å². The number of halogens is 1. The standard InChI is InChI=1S/C25H24FN5O3/c1-33-22-8-7-17(15-23(22)34-2)20-9-10-27-24-18(16-28-31(20)24)25(32)30-13-11-29(12-14-30)21-6-4-3-5-19(21)26/h3-10,15-16H,11-14H2,1-2H3. The van der Waals surface area contributed by atoms with Crippen LogP contribution in [0.1, 0.15) is 10.4 Å². The van der Waals surface area contributed by atoms with Gasteiger partial charge < -0.3 is 19.3 Å². The molecule has 34 heavy (non-hydrogen) atoms. The van der Waals surface area contributed by atoms with Gasteiger partial charge in [0.1, 0.15) is 11.4 Å². The molecule has 1 amide bonds. The molecule has 0 atom stereocenters. The maximum atomic E-state index is 14.1. The minimum Gasteiger partial charge on any atom is -0.493 e. The topological polar surface area (TPSA) is 72.2 Å². The number of para-hydroxylation sites is 1. The van der Waals surface area contributed by atoms with Crippen LogP contribution in [-0.2, 0) is 0 Å². The number of amides is 1. The molecule has 0 aliphatic carbocycles. The van der Waals surface area contributed by atoms with E-state index in [1.165, 1.54) is 6.07 Å². The van der Waals surface area contributed by atoms with E-state index in [0.717, 1.165) is 11.3 Å². The number of aromatic nitrogens is 3. The second-order valence-electron chi connectivity index (χ2n) is 7.92.